The van der Waals surface area contributed by atoms with Crippen LogP contribution in [-0.4, -0.2) is 30.2 Å². The summed E-state index contributed by atoms with van der Waals surface area (Å²) in [6.07, 6.45) is 1.70. The maximum atomic E-state index is 6.46. The van der Waals surface area contributed by atoms with Crippen molar-refractivity contribution in [1.29, 1.82) is 0 Å². The van der Waals surface area contributed by atoms with Crippen molar-refractivity contribution in [1.82, 2.24) is 30.2 Å². The van der Waals surface area contributed by atoms with Crippen molar-refractivity contribution < 1.29 is 10.5 Å². The number of aromatic amines is 1. The SMILES string of the molecule is [NH3+]Cc1cc(Cl)cc(Oc2c(Cl)ccc3c2nnn3Cc2[nH]nc3ncccc23)c1Cl. The van der Waals surface area contributed by atoms with Crippen LogP contribution in [0.4, 0.5) is 0 Å². The van der Waals surface area contributed by atoms with Gasteiger partial charge in [0.2, 0.25) is 0 Å². The molecule has 4 N–H and O–H groups in total. The number of rotatable bonds is 5. The molecular weight excluding hydrogens is 461 g/mol. The number of aromatic nitrogens is 6. The Labute approximate surface area is 190 Å². The molecule has 0 atom stereocenters. The maximum absolute atomic E-state index is 6.46. The van der Waals surface area contributed by atoms with Crippen molar-refractivity contribution in [2.75, 3.05) is 0 Å². The molecular formula is C20H15Cl3N7O+. The van der Waals surface area contributed by atoms with Gasteiger partial charge in [0, 0.05) is 28.2 Å². The molecule has 0 aliphatic heterocycles. The molecule has 156 valence electrons. The van der Waals surface area contributed by atoms with E-state index in [2.05, 4.69) is 31.2 Å². The molecule has 0 bridgehead atoms. The first-order valence-corrected chi connectivity index (χ1v) is 10.4. The topological polar surface area (TPSA) is 109 Å². The molecule has 0 unspecified atom stereocenters. The molecule has 5 aromatic rings. The van der Waals surface area contributed by atoms with Gasteiger partial charge in [0.05, 0.1) is 27.8 Å². The number of hydrogen-bond donors (Lipinski definition) is 2. The fraction of sp³-hybridized carbons (Fsp3) is 0.100. The summed E-state index contributed by atoms with van der Waals surface area (Å²) in [4.78, 5) is 4.24. The lowest BCUT2D eigenvalue weighted by molar-refractivity contribution is -0.386. The van der Waals surface area contributed by atoms with Crippen LogP contribution in [0, 0.1) is 0 Å². The molecule has 0 saturated heterocycles. The zero-order valence-corrected chi connectivity index (χ0v) is 18.2. The van der Waals surface area contributed by atoms with E-state index in [1.54, 1.807) is 29.1 Å². The van der Waals surface area contributed by atoms with Crippen molar-refractivity contribution in [3.8, 4) is 11.5 Å². The molecule has 0 spiro atoms. The smallest absolute Gasteiger partial charge is 0.181 e. The average Bonchev–Trinajstić information content (AvgIpc) is 3.37. The molecule has 3 heterocycles. The highest BCUT2D eigenvalue weighted by atomic mass is 35.5. The van der Waals surface area contributed by atoms with E-state index in [0.717, 1.165) is 22.2 Å². The summed E-state index contributed by atoms with van der Waals surface area (Å²) in [6, 6.07) is 10.8. The molecule has 11 heteroatoms. The number of fused-ring (bicyclic) bond motifs is 2. The van der Waals surface area contributed by atoms with Crippen LogP contribution in [0.3, 0.4) is 0 Å². The van der Waals surface area contributed by atoms with Crippen molar-refractivity contribution >= 4 is 56.9 Å². The van der Waals surface area contributed by atoms with Crippen molar-refractivity contribution in [3.63, 3.8) is 0 Å². The average molecular weight is 476 g/mol. The Hall–Kier alpha value is -2.91. The summed E-state index contributed by atoms with van der Waals surface area (Å²) < 4.78 is 7.81. The Balaban J connectivity index is 1.56. The highest BCUT2D eigenvalue weighted by Crippen LogP contribution is 2.40. The number of H-pyrrole nitrogens is 1. The molecule has 0 fully saturated rings. The van der Waals surface area contributed by atoms with Gasteiger partial charge in [-0.1, -0.05) is 40.0 Å². The second-order valence-corrected chi connectivity index (χ2v) is 8.02. The van der Waals surface area contributed by atoms with E-state index in [1.807, 2.05) is 18.2 Å². The third-order valence-electron chi connectivity index (χ3n) is 4.87. The van der Waals surface area contributed by atoms with Gasteiger partial charge in [-0.25, -0.2) is 9.67 Å². The number of nitrogens with one attached hydrogen (secondary N) is 1. The highest BCUT2D eigenvalue weighted by Gasteiger charge is 2.19. The quantitative estimate of drug-likeness (QED) is 0.395. The monoisotopic (exact) mass is 474 g/mol. The number of nitrogens with zero attached hydrogens (tertiary/aromatic N) is 5. The van der Waals surface area contributed by atoms with Gasteiger partial charge in [-0.05, 0) is 30.3 Å². The number of ether oxygens (including phenoxy) is 1. The van der Waals surface area contributed by atoms with Crippen molar-refractivity contribution in [2.24, 2.45) is 0 Å². The molecule has 31 heavy (non-hydrogen) atoms. The van der Waals surface area contributed by atoms with Crippen LogP contribution in [0.5, 0.6) is 11.5 Å². The fourth-order valence-electron chi connectivity index (χ4n) is 3.36. The zero-order chi connectivity index (χ0) is 21.5. The molecule has 0 radical (unpaired) electrons. The normalized spacial score (nSPS) is 11.5. The summed E-state index contributed by atoms with van der Waals surface area (Å²) in [7, 11) is 0. The van der Waals surface area contributed by atoms with Gasteiger partial charge >= 0.3 is 0 Å². The van der Waals surface area contributed by atoms with E-state index in [-0.39, 0.29) is 0 Å². The van der Waals surface area contributed by atoms with E-state index >= 15 is 0 Å². The van der Waals surface area contributed by atoms with Crippen LogP contribution in [-0.2, 0) is 13.1 Å². The Kier molecular flexibility index (Phi) is 5.15. The standard InChI is InChI=1S/C20H14Cl3N7O/c21-11-6-10(8-24)17(23)16(7-11)31-19-13(22)3-4-15-18(19)27-29-30(15)9-14-12-2-1-5-25-20(12)28-26-14/h1-7H,8-9,24H2,(H,25,26,28)/p+1. The fourth-order valence-corrected chi connectivity index (χ4v) is 4.02. The van der Waals surface area contributed by atoms with E-state index < -0.39 is 0 Å². The van der Waals surface area contributed by atoms with Crippen LogP contribution in [0.2, 0.25) is 15.1 Å². The van der Waals surface area contributed by atoms with Gasteiger partial charge in [0.15, 0.2) is 16.9 Å². The van der Waals surface area contributed by atoms with Crippen LogP contribution in [0.1, 0.15) is 11.3 Å². The second-order valence-electron chi connectivity index (χ2n) is 6.80. The van der Waals surface area contributed by atoms with Crippen molar-refractivity contribution in [2.45, 2.75) is 13.1 Å². The largest absolute Gasteiger partial charge is 0.452 e. The molecule has 0 amide bonds. The minimum Gasteiger partial charge on any atom is -0.452 e. The van der Waals surface area contributed by atoms with E-state index in [0.29, 0.717) is 50.8 Å². The molecule has 0 aliphatic rings. The lowest BCUT2D eigenvalue weighted by Gasteiger charge is -2.12. The summed E-state index contributed by atoms with van der Waals surface area (Å²) in [5.41, 5.74) is 7.39. The maximum Gasteiger partial charge on any atom is 0.181 e. The second kappa shape index (κ2) is 7.97. The van der Waals surface area contributed by atoms with Gasteiger partial charge in [-0.3, -0.25) is 5.10 Å². The number of quaternary nitrogens is 1. The predicted octanol–water partition coefficient (Wildman–Crippen LogP) is 4.25. The number of pyridine rings is 1. The minimum absolute atomic E-state index is 0.348. The van der Waals surface area contributed by atoms with Crippen molar-refractivity contribution in [3.05, 3.63) is 68.9 Å². The van der Waals surface area contributed by atoms with E-state index in [9.17, 15) is 0 Å². The van der Waals surface area contributed by atoms with Gasteiger partial charge < -0.3 is 10.5 Å². The van der Waals surface area contributed by atoms with Gasteiger partial charge in [-0.2, -0.15) is 5.10 Å². The number of halogens is 3. The minimum atomic E-state index is 0.348. The Morgan fingerprint density at radius 2 is 2.00 bits per heavy atom. The van der Waals surface area contributed by atoms with Crippen LogP contribution in [0.25, 0.3) is 22.1 Å². The first-order valence-electron chi connectivity index (χ1n) is 9.30. The van der Waals surface area contributed by atoms with E-state index in [1.165, 1.54) is 0 Å². The first kappa shape index (κ1) is 20.0. The molecule has 0 aliphatic carbocycles. The summed E-state index contributed by atoms with van der Waals surface area (Å²) in [5.74, 6) is 0.725. The highest BCUT2D eigenvalue weighted by molar-refractivity contribution is 6.35. The van der Waals surface area contributed by atoms with Gasteiger partial charge in [-0.15, -0.1) is 5.10 Å². The zero-order valence-electron chi connectivity index (χ0n) is 15.9. The molecule has 8 nitrogen and oxygen atoms in total. The summed E-state index contributed by atoms with van der Waals surface area (Å²) in [5, 5.41) is 18.0. The van der Waals surface area contributed by atoms with E-state index in [4.69, 9.17) is 39.5 Å². The molecule has 0 saturated carbocycles. The molecule has 3 aromatic heterocycles. The third-order valence-corrected chi connectivity index (χ3v) is 5.81. The third kappa shape index (κ3) is 3.57. The Morgan fingerprint density at radius 1 is 1.13 bits per heavy atom. The summed E-state index contributed by atoms with van der Waals surface area (Å²) in [6.45, 7) is 0.889. The summed E-state index contributed by atoms with van der Waals surface area (Å²) >= 11 is 19.1. The van der Waals surface area contributed by atoms with Gasteiger partial charge in [0.1, 0.15) is 12.3 Å². The lowest BCUT2D eigenvalue weighted by Crippen LogP contribution is -2.47. The van der Waals surface area contributed by atoms with Crippen LogP contribution in [0.15, 0.2) is 42.6 Å². The number of benzene rings is 2. The lowest BCUT2D eigenvalue weighted by atomic mass is 10.2. The molecule has 2 aromatic carbocycles. The Bertz CT molecular complexity index is 1430. The first-order chi connectivity index (χ1) is 15.0. The van der Waals surface area contributed by atoms with Crippen LogP contribution >= 0.6 is 34.8 Å². The Morgan fingerprint density at radius 3 is 2.84 bits per heavy atom. The predicted molar refractivity (Wildman–Crippen MR) is 119 cm³/mol. The number of hydrogen-bond acceptors (Lipinski definition) is 5. The van der Waals surface area contributed by atoms with Crippen LogP contribution < -0.4 is 10.5 Å². The molecule has 5 rings (SSSR count). The van der Waals surface area contributed by atoms with Gasteiger partial charge in [0.25, 0.3) is 0 Å².